The SMILES string of the molecule is CCC1(C(=O)c2ccc(Cl)cc2)C(c2cccc(Br)c2)C1(C#N)C(=O)NC1CCCCC1. The van der Waals surface area contributed by atoms with E-state index in [2.05, 4.69) is 27.3 Å². The standard InChI is InChI=1S/C26H26BrClN2O2/c1-2-25(23(31)17-11-13-20(28)14-12-17)22(18-7-6-8-19(27)15-18)26(25,16-29)24(32)30-21-9-4-3-5-10-21/h6-8,11-15,21-22H,2-5,9-10H2,1H3,(H,30,32). The van der Waals surface area contributed by atoms with E-state index in [9.17, 15) is 14.9 Å². The number of ketones is 1. The summed E-state index contributed by atoms with van der Waals surface area (Å²) in [6, 6.07) is 16.7. The van der Waals surface area contributed by atoms with Crippen LogP contribution in [0, 0.1) is 22.2 Å². The molecule has 0 spiro atoms. The number of carbonyl (C=O) groups excluding carboxylic acids is 2. The van der Waals surface area contributed by atoms with E-state index in [4.69, 9.17) is 11.6 Å². The summed E-state index contributed by atoms with van der Waals surface area (Å²) in [5, 5.41) is 14.1. The van der Waals surface area contributed by atoms with Crippen LogP contribution in [-0.2, 0) is 4.79 Å². The molecule has 0 radical (unpaired) electrons. The first kappa shape index (κ1) is 23.0. The van der Waals surface area contributed by atoms with Gasteiger partial charge in [0.1, 0.15) is 0 Å². The Morgan fingerprint density at radius 2 is 1.84 bits per heavy atom. The molecular weight excluding hydrogens is 488 g/mol. The van der Waals surface area contributed by atoms with Gasteiger partial charge >= 0.3 is 0 Å². The maximum absolute atomic E-state index is 13.9. The van der Waals surface area contributed by atoms with E-state index in [0.29, 0.717) is 17.0 Å². The average Bonchev–Trinajstić information content (AvgIpc) is 3.44. The van der Waals surface area contributed by atoms with E-state index in [1.165, 1.54) is 6.42 Å². The topological polar surface area (TPSA) is 70.0 Å². The quantitative estimate of drug-likeness (QED) is 0.452. The molecule has 32 heavy (non-hydrogen) atoms. The average molecular weight is 514 g/mol. The first-order chi connectivity index (χ1) is 15.4. The summed E-state index contributed by atoms with van der Waals surface area (Å²) < 4.78 is 0.852. The molecule has 0 aliphatic heterocycles. The number of Topliss-reactive ketones (excluding diaryl/α,β-unsaturated/α-hetero) is 1. The first-order valence-electron chi connectivity index (χ1n) is 11.2. The lowest BCUT2D eigenvalue weighted by molar-refractivity contribution is -0.126. The number of amides is 1. The Kier molecular flexibility index (Phi) is 6.47. The minimum Gasteiger partial charge on any atom is -0.352 e. The van der Waals surface area contributed by atoms with Crippen LogP contribution in [-0.4, -0.2) is 17.7 Å². The number of rotatable bonds is 6. The summed E-state index contributed by atoms with van der Waals surface area (Å²) >= 11 is 9.53. The molecule has 2 aromatic rings. The van der Waals surface area contributed by atoms with Crippen molar-refractivity contribution in [1.29, 1.82) is 5.26 Å². The van der Waals surface area contributed by atoms with Crippen molar-refractivity contribution in [3.8, 4) is 6.07 Å². The second-order valence-electron chi connectivity index (χ2n) is 8.88. The van der Waals surface area contributed by atoms with Gasteiger partial charge in [0.05, 0.1) is 11.5 Å². The van der Waals surface area contributed by atoms with Crippen molar-refractivity contribution in [2.45, 2.75) is 57.4 Å². The maximum Gasteiger partial charge on any atom is 0.242 e. The van der Waals surface area contributed by atoms with E-state index < -0.39 is 16.7 Å². The number of nitrogens with one attached hydrogen (secondary N) is 1. The lowest BCUT2D eigenvalue weighted by Crippen LogP contribution is -2.43. The molecule has 3 unspecified atom stereocenters. The smallest absolute Gasteiger partial charge is 0.242 e. The molecule has 1 amide bonds. The third-order valence-corrected chi connectivity index (χ3v) is 8.02. The highest BCUT2D eigenvalue weighted by Crippen LogP contribution is 2.77. The molecule has 0 saturated heterocycles. The van der Waals surface area contributed by atoms with Gasteiger partial charge in [-0.05, 0) is 61.2 Å². The van der Waals surface area contributed by atoms with Crippen molar-refractivity contribution in [3.05, 3.63) is 69.2 Å². The second-order valence-corrected chi connectivity index (χ2v) is 10.2. The number of hydrogen-bond acceptors (Lipinski definition) is 3. The van der Waals surface area contributed by atoms with Crippen molar-refractivity contribution < 1.29 is 9.59 Å². The summed E-state index contributed by atoms with van der Waals surface area (Å²) in [6.07, 6.45) is 5.53. The van der Waals surface area contributed by atoms with Gasteiger partial charge < -0.3 is 5.32 Å². The van der Waals surface area contributed by atoms with Crippen LogP contribution in [0.3, 0.4) is 0 Å². The Labute approximate surface area is 202 Å². The highest BCUT2D eigenvalue weighted by molar-refractivity contribution is 9.10. The van der Waals surface area contributed by atoms with E-state index in [1.54, 1.807) is 24.3 Å². The van der Waals surface area contributed by atoms with E-state index in [0.717, 1.165) is 35.7 Å². The predicted molar refractivity (Wildman–Crippen MR) is 128 cm³/mol. The van der Waals surface area contributed by atoms with E-state index in [1.807, 2.05) is 31.2 Å². The third-order valence-electron chi connectivity index (χ3n) is 7.27. The molecule has 0 heterocycles. The number of halogens is 2. The van der Waals surface area contributed by atoms with Crippen molar-refractivity contribution >= 4 is 39.2 Å². The van der Waals surface area contributed by atoms with E-state index >= 15 is 0 Å². The molecule has 4 rings (SSSR count). The van der Waals surface area contributed by atoms with Crippen LogP contribution < -0.4 is 5.32 Å². The molecular formula is C26H26BrClN2O2. The molecule has 2 fully saturated rings. The van der Waals surface area contributed by atoms with Crippen LogP contribution in [0.4, 0.5) is 0 Å². The number of benzene rings is 2. The highest BCUT2D eigenvalue weighted by Gasteiger charge is 2.84. The monoisotopic (exact) mass is 512 g/mol. The van der Waals surface area contributed by atoms with Gasteiger partial charge in [-0.1, -0.05) is 65.8 Å². The minimum atomic E-state index is -1.45. The Balaban J connectivity index is 1.80. The molecule has 2 aromatic carbocycles. The normalized spacial score (nSPS) is 27.4. The third kappa shape index (κ3) is 3.58. The van der Waals surface area contributed by atoms with Gasteiger partial charge in [-0.15, -0.1) is 0 Å². The summed E-state index contributed by atoms with van der Waals surface area (Å²) in [5.74, 6) is -1.02. The second kappa shape index (κ2) is 9.00. The Bertz CT molecular complexity index is 1070. The summed E-state index contributed by atoms with van der Waals surface area (Å²) in [4.78, 5) is 27.7. The zero-order valence-electron chi connectivity index (χ0n) is 18.0. The number of nitriles is 1. The number of carbonyl (C=O) groups is 2. The van der Waals surface area contributed by atoms with Crippen LogP contribution in [0.1, 0.15) is 67.3 Å². The van der Waals surface area contributed by atoms with Gasteiger partial charge in [-0.25, -0.2) is 0 Å². The largest absolute Gasteiger partial charge is 0.352 e. The maximum atomic E-state index is 13.9. The van der Waals surface area contributed by atoms with E-state index in [-0.39, 0.29) is 17.7 Å². The Hall–Kier alpha value is -2.16. The van der Waals surface area contributed by atoms with Gasteiger partial charge in [0.25, 0.3) is 0 Å². The molecule has 0 aromatic heterocycles. The summed E-state index contributed by atoms with van der Waals surface area (Å²) in [6.45, 7) is 1.89. The molecule has 2 saturated carbocycles. The summed E-state index contributed by atoms with van der Waals surface area (Å²) in [7, 11) is 0. The Morgan fingerprint density at radius 3 is 2.44 bits per heavy atom. The minimum absolute atomic E-state index is 0.0606. The molecule has 0 bridgehead atoms. The fourth-order valence-electron chi connectivity index (χ4n) is 5.66. The van der Waals surface area contributed by atoms with Gasteiger partial charge in [0.15, 0.2) is 11.2 Å². The van der Waals surface area contributed by atoms with Crippen LogP contribution in [0.5, 0.6) is 0 Å². The zero-order chi connectivity index (χ0) is 22.9. The molecule has 6 heteroatoms. The molecule has 1 N–H and O–H groups in total. The van der Waals surface area contributed by atoms with Gasteiger partial charge in [0.2, 0.25) is 5.91 Å². The lowest BCUT2D eigenvalue weighted by atomic mass is 9.82. The van der Waals surface area contributed by atoms with Crippen molar-refractivity contribution in [2.75, 3.05) is 0 Å². The van der Waals surface area contributed by atoms with Crippen LogP contribution in [0.2, 0.25) is 5.02 Å². The van der Waals surface area contributed by atoms with Crippen LogP contribution in [0.15, 0.2) is 53.0 Å². The molecule has 3 atom stereocenters. The fourth-order valence-corrected chi connectivity index (χ4v) is 6.21. The van der Waals surface area contributed by atoms with Crippen molar-refractivity contribution in [2.24, 2.45) is 10.8 Å². The van der Waals surface area contributed by atoms with Crippen molar-refractivity contribution in [3.63, 3.8) is 0 Å². The van der Waals surface area contributed by atoms with Crippen LogP contribution >= 0.6 is 27.5 Å². The molecule has 166 valence electrons. The van der Waals surface area contributed by atoms with Crippen molar-refractivity contribution in [1.82, 2.24) is 5.32 Å². The zero-order valence-corrected chi connectivity index (χ0v) is 20.4. The lowest BCUT2D eigenvalue weighted by Gasteiger charge is -2.25. The number of nitrogens with zero attached hydrogens (tertiary/aromatic N) is 1. The summed E-state index contributed by atoms with van der Waals surface area (Å²) in [5.41, 5.74) is -1.28. The molecule has 2 aliphatic carbocycles. The van der Waals surface area contributed by atoms with Gasteiger partial charge in [-0.3, -0.25) is 9.59 Å². The molecule has 2 aliphatic rings. The number of hydrogen-bond donors (Lipinski definition) is 1. The Morgan fingerprint density at radius 1 is 1.16 bits per heavy atom. The highest BCUT2D eigenvalue weighted by atomic mass is 79.9. The fraction of sp³-hybridized carbons (Fsp3) is 0.423. The van der Waals surface area contributed by atoms with Gasteiger partial charge in [0, 0.05) is 27.0 Å². The van der Waals surface area contributed by atoms with Crippen LogP contribution in [0.25, 0.3) is 0 Å². The molecule has 4 nitrogen and oxygen atoms in total. The predicted octanol–water partition coefficient (Wildman–Crippen LogP) is 6.44. The van der Waals surface area contributed by atoms with Gasteiger partial charge in [-0.2, -0.15) is 5.26 Å². The first-order valence-corrected chi connectivity index (χ1v) is 12.4.